The van der Waals surface area contributed by atoms with Crippen LogP contribution in [0.1, 0.15) is 32.9 Å². The summed E-state index contributed by atoms with van der Waals surface area (Å²) in [5, 5.41) is 3.38. The van der Waals surface area contributed by atoms with E-state index >= 15 is 0 Å². The second kappa shape index (κ2) is 6.00. The summed E-state index contributed by atoms with van der Waals surface area (Å²) in [7, 11) is 1.53. The molecule has 0 bridgehead atoms. The van der Waals surface area contributed by atoms with Gasteiger partial charge in [0.05, 0.1) is 7.11 Å². The Hall–Kier alpha value is -1.36. The predicted octanol–water partition coefficient (Wildman–Crippen LogP) is 1.34. The number of hydrogen-bond acceptors (Lipinski definition) is 4. The Bertz CT molecular complexity index is 447. The number of nitrogens with one attached hydrogen (secondary N) is 1. The van der Waals surface area contributed by atoms with Gasteiger partial charge < -0.3 is 10.1 Å². The van der Waals surface area contributed by atoms with Gasteiger partial charge in [-0.05, 0) is 40.7 Å². The van der Waals surface area contributed by atoms with Crippen LogP contribution in [-0.4, -0.2) is 28.7 Å². The molecule has 0 aliphatic rings. The predicted molar refractivity (Wildman–Crippen MR) is 72.2 cm³/mol. The average molecular weight is 253 g/mol. The maximum absolute atomic E-state index is 11.8. The molecule has 0 amide bonds. The number of methoxy groups -OCH3 is 1. The third-order valence-electron chi connectivity index (χ3n) is 2.50. The van der Waals surface area contributed by atoms with Crippen LogP contribution in [0.4, 0.5) is 0 Å². The van der Waals surface area contributed by atoms with E-state index in [1.165, 1.54) is 13.2 Å². The van der Waals surface area contributed by atoms with Crippen LogP contribution in [-0.2, 0) is 6.54 Å². The zero-order valence-corrected chi connectivity index (χ0v) is 11.9. The van der Waals surface area contributed by atoms with Gasteiger partial charge in [-0.1, -0.05) is 0 Å². The first-order chi connectivity index (χ1) is 8.33. The van der Waals surface area contributed by atoms with E-state index in [-0.39, 0.29) is 11.1 Å². The molecule has 0 spiro atoms. The summed E-state index contributed by atoms with van der Waals surface area (Å²) < 4.78 is 6.70. The van der Waals surface area contributed by atoms with Crippen molar-refractivity contribution in [3.8, 4) is 6.01 Å². The molecule has 1 rings (SSSR count). The van der Waals surface area contributed by atoms with Gasteiger partial charge in [0, 0.05) is 23.8 Å². The summed E-state index contributed by atoms with van der Waals surface area (Å²) in [4.78, 5) is 16.0. The topological polar surface area (TPSA) is 56.1 Å². The second-order valence-corrected chi connectivity index (χ2v) is 5.40. The van der Waals surface area contributed by atoms with Crippen LogP contribution in [0, 0.1) is 6.92 Å². The number of aryl methyl sites for hydroxylation is 1. The molecule has 0 atom stereocenters. The normalized spacial score (nSPS) is 11.6. The minimum absolute atomic E-state index is 0.0601. The molecule has 0 radical (unpaired) electrons. The Labute approximate surface area is 108 Å². The van der Waals surface area contributed by atoms with E-state index in [1.807, 2.05) is 0 Å². The Morgan fingerprint density at radius 1 is 1.44 bits per heavy atom. The average Bonchev–Trinajstić information content (AvgIpc) is 2.24. The van der Waals surface area contributed by atoms with Crippen LogP contribution in [0.2, 0.25) is 0 Å². The van der Waals surface area contributed by atoms with Crippen molar-refractivity contribution < 1.29 is 4.74 Å². The molecule has 0 saturated carbocycles. The van der Waals surface area contributed by atoms with Crippen LogP contribution < -0.4 is 15.6 Å². The van der Waals surface area contributed by atoms with Crippen LogP contribution in [0.5, 0.6) is 6.01 Å². The SMILES string of the molecule is COc1nc(C)cc(=O)n1CCCNC(C)(C)C. The smallest absolute Gasteiger partial charge is 0.299 e. The molecule has 0 fully saturated rings. The highest BCUT2D eigenvalue weighted by atomic mass is 16.5. The Balaban J connectivity index is 2.65. The summed E-state index contributed by atoms with van der Waals surface area (Å²) in [6, 6.07) is 1.91. The summed E-state index contributed by atoms with van der Waals surface area (Å²) in [6.07, 6.45) is 0.859. The lowest BCUT2D eigenvalue weighted by Crippen LogP contribution is -2.37. The first-order valence-electron chi connectivity index (χ1n) is 6.21. The number of hydrogen-bond donors (Lipinski definition) is 1. The minimum atomic E-state index is -0.0601. The fourth-order valence-corrected chi connectivity index (χ4v) is 1.66. The zero-order chi connectivity index (χ0) is 13.8. The molecular formula is C13H23N3O2. The molecule has 0 aliphatic carbocycles. The van der Waals surface area contributed by atoms with Gasteiger partial charge in [-0.25, -0.2) is 4.98 Å². The maximum Gasteiger partial charge on any atom is 0.299 e. The van der Waals surface area contributed by atoms with Gasteiger partial charge in [0.15, 0.2) is 0 Å². The highest BCUT2D eigenvalue weighted by molar-refractivity contribution is 5.06. The van der Waals surface area contributed by atoms with Gasteiger partial charge in [-0.3, -0.25) is 9.36 Å². The van der Waals surface area contributed by atoms with Crippen molar-refractivity contribution in [2.75, 3.05) is 13.7 Å². The molecule has 0 saturated heterocycles. The van der Waals surface area contributed by atoms with Gasteiger partial charge >= 0.3 is 0 Å². The number of aromatic nitrogens is 2. The van der Waals surface area contributed by atoms with Gasteiger partial charge in [-0.15, -0.1) is 0 Å². The Morgan fingerprint density at radius 2 is 2.11 bits per heavy atom. The second-order valence-electron chi connectivity index (χ2n) is 5.40. The number of nitrogens with zero attached hydrogens (tertiary/aromatic N) is 2. The lowest BCUT2D eigenvalue weighted by Gasteiger charge is -2.20. The highest BCUT2D eigenvalue weighted by Crippen LogP contribution is 2.05. The monoisotopic (exact) mass is 253 g/mol. The van der Waals surface area contributed by atoms with Crippen molar-refractivity contribution in [2.45, 2.75) is 46.2 Å². The van der Waals surface area contributed by atoms with E-state index in [4.69, 9.17) is 4.74 Å². The molecule has 0 unspecified atom stereocenters. The molecule has 102 valence electrons. The minimum Gasteiger partial charge on any atom is -0.468 e. The molecule has 1 aromatic rings. The molecule has 1 heterocycles. The standard InChI is InChI=1S/C13H23N3O2/c1-10-9-11(17)16(12(15-10)18-5)8-6-7-14-13(2,3)4/h9,14H,6-8H2,1-5H3. The molecular weight excluding hydrogens is 230 g/mol. The maximum atomic E-state index is 11.8. The largest absolute Gasteiger partial charge is 0.468 e. The fraction of sp³-hybridized carbons (Fsp3) is 0.692. The molecule has 5 heteroatoms. The van der Waals surface area contributed by atoms with E-state index in [9.17, 15) is 4.79 Å². The van der Waals surface area contributed by atoms with E-state index in [2.05, 4.69) is 31.1 Å². The highest BCUT2D eigenvalue weighted by Gasteiger charge is 2.09. The number of ether oxygens (including phenoxy) is 1. The van der Waals surface area contributed by atoms with Gasteiger partial charge in [0.25, 0.3) is 11.6 Å². The molecule has 1 N–H and O–H groups in total. The first kappa shape index (κ1) is 14.7. The van der Waals surface area contributed by atoms with Crippen LogP contribution in [0.25, 0.3) is 0 Å². The zero-order valence-electron chi connectivity index (χ0n) is 11.9. The quantitative estimate of drug-likeness (QED) is 0.805. The lowest BCUT2D eigenvalue weighted by molar-refractivity contribution is 0.337. The van der Waals surface area contributed by atoms with Gasteiger partial charge in [0.2, 0.25) is 0 Å². The third kappa shape index (κ3) is 4.49. The summed E-state index contributed by atoms with van der Waals surface area (Å²) in [6.45, 7) is 9.61. The van der Waals surface area contributed by atoms with Crippen molar-refractivity contribution in [1.29, 1.82) is 0 Å². The van der Waals surface area contributed by atoms with Crippen molar-refractivity contribution >= 4 is 0 Å². The van der Waals surface area contributed by atoms with Crippen molar-refractivity contribution in [1.82, 2.24) is 14.9 Å². The summed E-state index contributed by atoms with van der Waals surface area (Å²) in [5.74, 6) is 0. The van der Waals surface area contributed by atoms with Crippen molar-refractivity contribution in [2.24, 2.45) is 0 Å². The van der Waals surface area contributed by atoms with E-state index < -0.39 is 0 Å². The van der Waals surface area contributed by atoms with Crippen LogP contribution in [0.15, 0.2) is 10.9 Å². The van der Waals surface area contributed by atoms with Gasteiger partial charge in [-0.2, -0.15) is 0 Å². The fourth-order valence-electron chi connectivity index (χ4n) is 1.66. The van der Waals surface area contributed by atoms with Gasteiger partial charge in [0.1, 0.15) is 0 Å². The van der Waals surface area contributed by atoms with Crippen LogP contribution in [0.3, 0.4) is 0 Å². The molecule has 18 heavy (non-hydrogen) atoms. The van der Waals surface area contributed by atoms with Crippen LogP contribution >= 0.6 is 0 Å². The molecule has 0 aliphatic heterocycles. The first-order valence-corrected chi connectivity index (χ1v) is 6.21. The van der Waals surface area contributed by atoms with Crippen molar-refractivity contribution in [3.05, 3.63) is 22.1 Å². The lowest BCUT2D eigenvalue weighted by atomic mass is 10.1. The van der Waals surface area contributed by atoms with E-state index in [0.717, 1.165) is 13.0 Å². The molecule has 1 aromatic heterocycles. The van der Waals surface area contributed by atoms with E-state index in [0.29, 0.717) is 18.2 Å². The van der Waals surface area contributed by atoms with Crippen molar-refractivity contribution in [3.63, 3.8) is 0 Å². The third-order valence-corrected chi connectivity index (χ3v) is 2.50. The molecule has 0 aromatic carbocycles. The number of rotatable bonds is 5. The van der Waals surface area contributed by atoms with E-state index in [1.54, 1.807) is 11.5 Å². The summed E-state index contributed by atoms with van der Waals surface area (Å²) in [5.41, 5.74) is 0.719. The molecule has 5 nitrogen and oxygen atoms in total. The Morgan fingerprint density at radius 3 is 2.67 bits per heavy atom. The summed E-state index contributed by atoms with van der Waals surface area (Å²) >= 11 is 0. The Kier molecular flexibility index (Phi) is 4.90.